The predicted octanol–water partition coefficient (Wildman–Crippen LogP) is 5.33. The Bertz CT molecular complexity index is 1210. The molecule has 2 heterocycles. The Morgan fingerprint density at radius 3 is 2.52 bits per heavy atom. The number of carbonyl (C=O) groups is 1. The van der Waals surface area contributed by atoms with Crippen LogP contribution in [-0.2, 0) is 4.79 Å². The summed E-state index contributed by atoms with van der Waals surface area (Å²) in [4.78, 5) is 16.6. The van der Waals surface area contributed by atoms with Crippen molar-refractivity contribution in [3.8, 4) is 17.1 Å². The first-order valence-corrected chi connectivity index (χ1v) is 11.0. The fraction of sp³-hybridized carbons (Fsp3) is 0.130. The highest BCUT2D eigenvalue weighted by Crippen LogP contribution is 2.31. The predicted molar refractivity (Wildman–Crippen MR) is 125 cm³/mol. The van der Waals surface area contributed by atoms with Crippen molar-refractivity contribution in [1.29, 1.82) is 0 Å². The number of aromatic nitrogens is 4. The molecule has 0 spiro atoms. The van der Waals surface area contributed by atoms with Crippen molar-refractivity contribution in [1.82, 2.24) is 19.7 Å². The molecule has 2 aromatic heterocycles. The number of pyridine rings is 1. The molecule has 1 amide bonds. The SMILES string of the molecule is Cc1ccc(NC(=O)CSc2nnc(-c3ccncc3)n2-c2cccc(Cl)c2C)cc1. The van der Waals surface area contributed by atoms with Gasteiger partial charge in [-0.25, -0.2) is 0 Å². The van der Waals surface area contributed by atoms with Gasteiger partial charge < -0.3 is 5.32 Å². The fourth-order valence-electron chi connectivity index (χ4n) is 3.07. The van der Waals surface area contributed by atoms with E-state index in [1.807, 2.05) is 73.0 Å². The maximum atomic E-state index is 12.5. The van der Waals surface area contributed by atoms with Crippen LogP contribution < -0.4 is 5.32 Å². The van der Waals surface area contributed by atoms with Crippen LogP contribution in [0.5, 0.6) is 0 Å². The third kappa shape index (κ3) is 4.78. The summed E-state index contributed by atoms with van der Waals surface area (Å²) >= 11 is 7.70. The largest absolute Gasteiger partial charge is 0.325 e. The van der Waals surface area contributed by atoms with Crippen molar-refractivity contribution in [3.63, 3.8) is 0 Å². The molecular weight excluding hydrogens is 430 g/mol. The molecule has 2 aromatic carbocycles. The number of hydrogen-bond acceptors (Lipinski definition) is 5. The zero-order chi connectivity index (χ0) is 21.8. The minimum absolute atomic E-state index is 0.114. The summed E-state index contributed by atoms with van der Waals surface area (Å²) in [5.41, 5.74) is 4.55. The van der Waals surface area contributed by atoms with Crippen molar-refractivity contribution in [2.45, 2.75) is 19.0 Å². The number of benzene rings is 2. The van der Waals surface area contributed by atoms with Crippen molar-refractivity contribution in [2.24, 2.45) is 0 Å². The van der Waals surface area contributed by atoms with Crippen LogP contribution >= 0.6 is 23.4 Å². The van der Waals surface area contributed by atoms with Crippen LogP contribution in [0.1, 0.15) is 11.1 Å². The molecule has 0 aliphatic rings. The Morgan fingerprint density at radius 1 is 1.03 bits per heavy atom. The number of thioether (sulfide) groups is 1. The summed E-state index contributed by atoms with van der Waals surface area (Å²) in [5.74, 6) is 0.744. The molecule has 31 heavy (non-hydrogen) atoms. The number of nitrogens with zero attached hydrogens (tertiary/aromatic N) is 4. The quantitative estimate of drug-likeness (QED) is 0.403. The number of halogens is 1. The van der Waals surface area contributed by atoms with E-state index in [0.717, 1.165) is 28.1 Å². The number of amides is 1. The second-order valence-corrected chi connectivity index (χ2v) is 8.31. The van der Waals surface area contributed by atoms with Gasteiger partial charge in [-0.15, -0.1) is 10.2 Å². The lowest BCUT2D eigenvalue weighted by atomic mass is 10.2. The number of nitrogens with one attached hydrogen (secondary N) is 1. The standard InChI is InChI=1S/C23H20ClN5OS/c1-15-6-8-18(9-7-15)26-21(30)14-31-23-28-27-22(17-10-12-25-13-11-17)29(23)20-5-3-4-19(24)16(20)2/h3-13H,14H2,1-2H3,(H,26,30). The maximum Gasteiger partial charge on any atom is 0.234 e. The van der Waals surface area contributed by atoms with Gasteiger partial charge in [-0.3, -0.25) is 14.3 Å². The summed E-state index contributed by atoms with van der Waals surface area (Å²) in [6.45, 7) is 3.96. The minimum Gasteiger partial charge on any atom is -0.325 e. The summed E-state index contributed by atoms with van der Waals surface area (Å²) in [6, 6.07) is 17.1. The zero-order valence-corrected chi connectivity index (χ0v) is 18.6. The molecule has 0 unspecified atom stereocenters. The van der Waals surface area contributed by atoms with Crippen LogP contribution in [0.2, 0.25) is 5.02 Å². The average Bonchev–Trinajstić information content (AvgIpc) is 3.20. The monoisotopic (exact) mass is 449 g/mol. The van der Waals surface area contributed by atoms with E-state index in [0.29, 0.717) is 16.0 Å². The van der Waals surface area contributed by atoms with Gasteiger partial charge in [0.1, 0.15) is 0 Å². The first-order chi connectivity index (χ1) is 15.0. The van der Waals surface area contributed by atoms with Gasteiger partial charge in [-0.1, -0.05) is 47.1 Å². The number of anilines is 1. The van der Waals surface area contributed by atoms with Gasteiger partial charge in [0.25, 0.3) is 0 Å². The summed E-state index contributed by atoms with van der Waals surface area (Å²) < 4.78 is 1.93. The van der Waals surface area contributed by atoms with Crippen molar-refractivity contribution < 1.29 is 4.79 Å². The Labute approximate surface area is 189 Å². The van der Waals surface area contributed by atoms with Crippen LogP contribution in [0.4, 0.5) is 5.69 Å². The zero-order valence-electron chi connectivity index (χ0n) is 17.0. The van der Waals surface area contributed by atoms with Crippen LogP contribution in [0.25, 0.3) is 17.1 Å². The van der Waals surface area contributed by atoms with E-state index in [2.05, 4.69) is 20.5 Å². The summed E-state index contributed by atoms with van der Waals surface area (Å²) in [6.07, 6.45) is 3.42. The van der Waals surface area contributed by atoms with E-state index in [4.69, 9.17) is 11.6 Å². The molecule has 0 aliphatic heterocycles. The normalized spacial score (nSPS) is 10.8. The lowest BCUT2D eigenvalue weighted by Gasteiger charge is -2.14. The minimum atomic E-state index is -0.114. The number of rotatable bonds is 6. The molecular formula is C23H20ClN5OS. The Kier molecular flexibility index (Phi) is 6.34. The van der Waals surface area contributed by atoms with Crippen LogP contribution in [0.3, 0.4) is 0 Å². The number of aryl methyl sites for hydroxylation is 1. The van der Waals surface area contributed by atoms with Crippen molar-refractivity contribution in [3.05, 3.63) is 83.1 Å². The molecule has 8 heteroatoms. The molecule has 6 nitrogen and oxygen atoms in total. The van der Waals surface area contributed by atoms with Crippen LogP contribution in [-0.4, -0.2) is 31.4 Å². The van der Waals surface area contributed by atoms with Gasteiger partial charge >= 0.3 is 0 Å². The second-order valence-electron chi connectivity index (χ2n) is 6.96. The van der Waals surface area contributed by atoms with E-state index < -0.39 is 0 Å². The van der Waals surface area contributed by atoms with Gasteiger partial charge in [0.05, 0.1) is 11.4 Å². The van der Waals surface area contributed by atoms with Gasteiger partial charge in [0, 0.05) is 28.7 Å². The summed E-state index contributed by atoms with van der Waals surface area (Å²) in [7, 11) is 0. The molecule has 0 saturated carbocycles. The average molecular weight is 450 g/mol. The molecule has 4 aromatic rings. The van der Waals surface area contributed by atoms with Crippen molar-refractivity contribution in [2.75, 3.05) is 11.1 Å². The third-order valence-electron chi connectivity index (χ3n) is 4.72. The molecule has 0 fully saturated rings. The Morgan fingerprint density at radius 2 is 1.77 bits per heavy atom. The molecule has 0 bridgehead atoms. The van der Waals surface area contributed by atoms with E-state index in [9.17, 15) is 4.79 Å². The van der Waals surface area contributed by atoms with Crippen LogP contribution in [0.15, 0.2) is 72.1 Å². The molecule has 156 valence electrons. The molecule has 1 N–H and O–H groups in total. The van der Waals surface area contributed by atoms with Crippen molar-refractivity contribution >= 4 is 35.0 Å². The second kappa shape index (κ2) is 9.32. The Balaban J connectivity index is 1.63. The molecule has 0 radical (unpaired) electrons. The lowest BCUT2D eigenvalue weighted by molar-refractivity contribution is -0.113. The van der Waals surface area contributed by atoms with E-state index >= 15 is 0 Å². The number of hydrogen-bond donors (Lipinski definition) is 1. The Hall–Kier alpha value is -3.16. The number of carbonyl (C=O) groups excluding carboxylic acids is 1. The smallest absolute Gasteiger partial charge is 0.234 e. The van der Waals surface area contributed by atoms with E-state index in [1.54, 1.807) is 12.4 Å². The van der Waals surface area contributed by atoms with Gasteiger partial charge in [-0.05, 0) is 55.8 Å². The van der Waals surface area contributed by atoms with E-state index in [1.165, 1.54) is 11.8 Å². The van der Waals surface area contributed by atoms with Gasteiger partial charge in [-0.2, -0.15) is 0 Å². The lowest BCUT2D eigenvalue weighted by Crippen LogP contribution is -2.14. The molecule has 0 aliphatic carbocycles. The first kappa shape index (κ1) is 21.1. The highest BCUT2D eigenvalue weighted by molar-refractivity contribution is 7.99. The third-order valence-corrected chi connectivity index (χ3v) is 6.06. The first-order valence-electron chi connectivity index (χ1n) is 9.63. The topological polar surface area (TPSA) is 72.7 Å². The molecule has 0 saturated heterocycles. The highest BCUT2D eigenvalue weighted by Gasteiger charge is 2.19. The van der Waals surface area contributed by atoms with Gasteiger partial charge in [0.15, 0.2) is 11.0 Å². The summed E-state index contributed by atoms with van der Waals surface area (Å²) in [5, 5.41) is 12.9. The molecule has 0 atom stereocenters. The fourth-order valence-corrected chi connectivity index (χ4v) is 3.99. The molecule has 4 rings (SSSR count). The maximum absolute atomic E-state index is 12.5. The highest BCUT2D eigenvalue weighted by atomic mass is 35.5. The van der Waals surface area contributed by atoms with Crippen LogP contribution in [0, 0.1) is 13.8 Å². The van der Waals surface area contributed by atoms with Gasteiger partial charge in [0.2, 0.25) is 5.91 Å². The van der Waals surface area contributed by atoms with E-state index in [-0.39, 0.29) is 11.7 Å².